The van der Waals surface area contributed by atoms with Gasteiger partial charge >= 0.3 is 0 Å². The van der Waals surface area contributed by atoms with Gasteiger partial charge in [-0.25, -0.2) is 8.42 Å². The van der Waals surface area contributed by atoms with E-state index in [0.29, 0.717) is 17.1 Å². The molecule has 0 aliphatic carbocycles. The van der Waals surface area contributed by atoms with Gasteiger partial charge in [0.05, 0.1) is 19.1 Å². The lowest BCUT2D eigenvalue weighted by atomic mass is 10.2. The molecule has 2 aromatic rings. The molecule has 1 saturated heterocycles. The number of benzene rings is 2. The Morgan fingerprint density at radius 2 is 1.77 bits per heavy atom. The van der Waals surface area contributed by atoms with Crippen molar-refractivity contribution in [1.29, 1.82) is 0 Å². The van der Waals surface area contributed by atoms with Gasteiger partial charge in [0.2, 0.25) is 15.9 Å². The van der Waals surface area contributed by atoms with E-state index in [4.69, 9.17) is 4.74 Å². The Hall–Kier alpha value is -2.74. The molecule has 30 heavy (non-hydrogen) atoms. The summed E-state index contributed by atoms with van der Waals surface area (Å²) in [6, 6.07) is 11.9. The summed E-state index contributed by atoms with van der Waals surface area (Å²) >= 11 is 0. The van der Waals surface area contributed by atoms with Crippen LogP contribution in [0.5, 0.6) is 5.75 Å². The summed E-state index contributed by atoms with van der Waals surface area (Å²) in [5.74, 6) is -0.0291. The number of nitrogens with zero attached hydrogens (tertiary/aromatic N) is 2. The molecule has 7 nitrogen and oxygen atoms in total. The fraction of sp³-hybridized carbons (Fsp3) is 0.409. The lowest BCUT2D eigenvalue weighted by Crippen LogP contribution is -2.45. The SMILES string of the molecule is COc1ccc(C)cc1N(C(C)C(=O)Nc1ccc(N2CCCC2)cc1)S(C)(=O)=O. The van der Waals surface area contributed by atoms with E-state index in [2.05, 4.69) is 10.2 Å². The Morgan fingerprint density at radius 3 is 2.33 bits per heavy atom. The van der Waals surface area contributed by atoms with Gasteiger partial charge in [0, 0.05) is 24.5 Å². The third-order valence-corrected chi connectivity index (χ3v) is 6.49. The fourth-order valence-electron chi connectivity index (χ4n) is 3.73. The average Bonchev–Trinajstić information content (AvgIpc) is 3.22. The van der Waals surface area contributed by atoms with Gasteiger partial charge in [-0.15, -0.1) is 0 Å². The Labute approximate surface area is 178 Å². The van der Waals surface area contributed by atoms with E-state index < -0.39 is 22.0 Å². The van der Waals surface area contributed by atoms with Crippen molar-refractivity contribution in [2.45, 2.75) is 32.7 Å². The predicted molar refractivity (Wildman–Crippen MR) is 121 cm³/mol. The van der Waals surface area contributed by atoms with Crippen LogP contribution in [0.25, 0.3) is 0 Å². The molecule has 0 radical (unpaired) electrons. The first kappa shape index (κ1) is 22.0. The molecule has 3 rings (SSSR count). The van der Waals surface area contributed by atoms with Crippen LogP contribution in [0.1, 0.15) is 25.3 Å². The summed E-state index contributed by atoms with van der Waals surface area (Å²) < 4.78 is 31.6. The van der Waals surface area contributed by atoms with Crippen molar-refractivity contribution >= 4 is 33.0 Å². The standard InChI is InChI=1S/C22H29N3O4S/c1-16-7-12-21(29-3)20(15-16)25(30(4,27)28)17(2)22(26)23-18-8-10-19(11-9-18)24-13-5-6-14-24/h7-12,15,17H,5-6,13-14H2,1-4H3,(H,23,26). The van der Waals surface area contributed by atoms with Gasteiger partial charge in [-0.05, 0) is 68.7 Å². The number of ether oxygens (including phenoxy) is 1. The first-order chi connectivity index (χ1) is 14.2. The molecular formula is C22H29N3O4S. The predicted octanol–water partition coefficient (Wildman–Crippen LogP) is 3.40. The van der Waals surface area contributed by atoms with Crippen LogP contribution in [-0.2, 0) is 14.8 Å². The Balaban J connectivity index is 1.82. The number of hydrogen-bond donors (Lipinski definition) is 1. The molecule has 0 saturated carbocycles. The van der Waals surface area contributed by atoms with Crippen LogP contribution in [-0.4, -0.2) is 46.8 Å². The maximum Gasteiger partial charge on any atom is 0.247 e. The van der Waals surface area contributed by atoms with Crippen molar-refractivity contribution in [3.8, 4) is 5.75 Å². The summed E-state index contributed by atoms with van der Waals surface area (Å²) in [6.45, 7) is 5.52. The zero-order chi connectivity index (χ0) is 21.9. The largest absolute Gasteiger partial charge is 0.495 e. The summed E-state index contributed by atoms with van der Waals surface area (Å²) in [7, 11) is -2.26. The molecule has 8 heteroatoms. The lowest BCUT2D eigenvalue weighted by Gasteiger charge is -2.29. The molecule has 1 amide bonds. The first-order valence-electron chi connectivity index (χ1n) is 10.0. The number of sulfonamides is 1. The van der Waals surface area contributed by atoms with Crippen molar-refractivity contribution in [3.63, 3.8) is 0 Å². The van der Waals surface area contributed by atoms with Crippen molar-refractivity contribution in [2.75, 3.05) is 41.0 Å². The van der Waals surface area contributed by atoms with E-state index in [1.807, 2.05) is 37.3 Å². The highest BCUT2D eigenvalue weighted by Gasteiger charge is 2.31. The normalized spacial score (nSPS) is 15.0. The zero-order valence-electron chi connectivity index (χ0n) is 17.9. The zero-order valence-corrected chi connectivity index (χ0v) is 18.7. The second-order valence-corrected chi connectivity index (χ2v) is 9.50. The molecule has 0 bridgehead atoms. The highest BCUT2D eigenvalue weighted by molar-refractivity contribution is 7.92. The second-order valence-electron chi connectivity index (χ2n) is 7.64. The molecular weight excluding hydrogens is 402 g/mol. The molecule has 1 unspecified atom stereocenters. The molecule has 1 aliphatic heterocycles. The Bertz CT molecular complexity index is 1000. The van der Waals surface area contributed by atoms with Crippen LogP contribution in [0.3, 0.4) is 0 Å². The first-order valence-corrected chi connectivity index (χ1v) is 11.9. The van der Waals surface area contributed by atoms with Crippen LogP contribution < -0.4 is 19.3 Å². The van der Waals surface area contributed by atoms with E-state index in [0.717, 1.165) is 34.9 Å². The van der Waals surface area contributed by atoms with E-state index in [1.54, 1.807) is 19.1 Å². The molecule has 0 aromatic heterocycles. The van der Waals surface area contributed by atoms with Crippen molar-refractivity contribution in [2.24, 2.45) is 0 Å². The lowest BCUT2D eigenvalue weighted by molar-refractivity contribution is -0.116. The molecule has 1 atom stereocenters. The molecule has 1 heterocycles. The van der Waals surface area contributed by atoms with Gasteiger partial charge in [-0.1, -0.05) is 6.07 Å². The van der Waals surface area contributed by atoms with Gasteiger partial charge in [0.15, 0.2) is 0 Å². The molecule has 0 spiro atoms. The van der Waals surface area contributed by atoms with E-state index >= 15 is 0 Å². The van der Waals surface area contributed by atoms with Crippen LogP contribution in [0.15, 0.2) is 42.5 Å². The molecule has 1 N–H and O–H groups in total. The summed E-state index contributed by atoms with van der Waals surface area (Å²) in [4.78, 5) is 15.2. The number of carbonyl (C=O) groups excluding carboxylic acids is 1. The van der Waals surface area contributed by atoms with Gasteiger partial charge in [0.1, 0.15) is 11.8 Å². The second kappa shape index (κ2) is 8.95. The number of amides is 1. The minimum Gasteiger partial charge on any atom is -0.495 e. The number of carbonyl (C=O) groups is 1. The third kappa shape index (κ3) is 4.87. The third-order valence-electron chi connectivity index (χ3n) is 5.27. The van der Waals surface area contributed by atoms with Crippen LogP contribution >= 0.6 is 0 Å². The monoisotopic (exact) mass is 431 g/mol. The van der Waals surface area contributed by atoms with Gasteiger partial charge in [-0.3, -0.25) is 9.10 Å². The maximum atomic E-state index is 12.9. The Morgan fingerprint density at radius 1 is 1.13 bits per heavy atom. The summed E-state index contributed by atoms with van der Waals surface area (Å²) in [6.07, 6.45) is 3.48. The van der Waals surface area contributed by atoms with Gasteiger partial charge in [0.25, 0.3) is 0 Å². The highest BCUT2D eigenvalue weighted by atomic mass is 32.2. The molecule has 1 aliphatic rings. The topological polar surface area (TPSA) is 79.0 Å². The number of hydrogen-bond acceptors (Lipinski definition) is 5. The fourth-order valence-corrected chi connectivity index (χ4v) is 4.90. The van der Waals surface area contributed by atoms with Crippen LogP contribution in [0.4, 0.5) is 17.1 Å². The van der Waals surface area contributed by atoms with Gasteiger partial charge < -0.3 is 15.0 Å². The molecule has 2 aromatic carbocycles. The van der Waals surface area contributed by atoms with Gasteiger partial charge in [-0.2, -0.15) is 0 Å². The summed E-state index contributed by atoms with van der Waals surface area (Å²) in [5.41, 5.74) is 2.96. The minimum absolute atomic E-state index is 0.340. The smallest absolute Gasteiger partial charge is 0.247 e. The number of nitrogens with one attached hydrogen (secondary N) is 1. The number of anilines is 3. The number of methoxy groups -OCH3 is 1. The van der Waals surface area contributed by atoms with E-state index in [1.165, 1.54) is 20.0 Å². The summed E-state index contributed by atoms with van der Waals surface area (Å²) in [5, 5.41) is 2.83. The number of aryl methyl sites for hydroxylation is 1. The van der Waals surface area contributed by atoms with Crippen molar-refractivity contribution in [1.82, 2.24) is 0 Å². The average molecular weight is 432 g/mol. The quantitative estimate of drug-likeness (QED) is 0.727. The van der Waals surface area contributed by atoms with Crippen LogP contribution in [0.2, 0.25) is 0 Å². The Kier molecular flexibility index (Phi) is 6.55. The van der Waals surface area contributed by atoms with E-state index in [-0.39, 0.29) is 0 Å². The van der Waals surface area contributed by atoms with E-state index in [9.17, 15) is 13.2 Å². The molecule has 162 valence electrons. The molecule has 1 fully saturated rings. The van der Waals surface area contributed by atoms with Crippen molar-refractivity contribution in [3.05, 3.63) is 48.0 Å². The maximum absolute atomic E-state index is 12.9. The van der Waals surface area contributed by atoms with Crippen LogP contribution in [0, 0.1) is 6.92 Å². The number of rotatable bonds is 7. The van der Waals surface area contributed by atoms with Crippen molar-refractivity contribution < 1.29 is 17.9 Å². The minimum atomic E-state index is -3.74. The highest BCUT2D eigenvalue weighted by Crippen LogP contribution is 2.33.